The number of anilines is 1. The molecule has 8 heteroatoms. The van der Waals surface area contributed by atoms with Gasteiger partial charge in [-0.1, -0.05) is 48.9 Å². The maximum Gasteiger partial charge on any atom is 0.312 e. The van der Waals surface area contributed by atoms with Gasteiger partial charge in [0.25, 0.3) is 0 Å². The van der Waals surface area contributed by atoms with Gasteiger partial charge >= 0.3 is 5.97 Å². The van der Waals surface area contributed by atoms with Gasteiger partial charge in [0.1, 0.15) is 17.9 Å². The van der Waals surface area contributed by atoms with Crippen LogP contribution in [-0.4, -0.2) is 28.7 Å². The molecule has 0 saturated carbocycles. The summed E-state index contributed by atoms with van der Waals surface area (Å²) in [5, 5.41) is 22.3. The van der Waals surface area contributed by atoms with E-state index in [2.05, 4.69) is 5.32 Å². The van der Waals surface area contributed by atoms with Crippen molar-refractivity contribution in [1.29, 1.82) is 0 Å². The minimum Gasteiger partial charge on any atom is -0.508 e. The van der Waals surface area contributed by atoms with E-state index in [0.717, 1.165) is 23.1 Å². The maximum absolute atomic E-state index is 12.1. The quantitative estimate of drug-likeness (QED) is 0.293. The molecular formula is C28H28ClNO6. The lowest BCUT2D eigenvalue weighted by Gasteiger charge is -2.20. The number of rotatable bonds is 10. The van der Waals surface area contributed by atoms with E-state index in [1.807, 2.05) is 37.3 Å². The topological polar surface area (TPSA) is 105 Å². The number of carboxylic acid groups (broad SMARTS) is 1. The van der Waals surface area contributed by atoms with Crippen molar-refractivity contribution in [3.05, 3.63) is 75.8 Å². The van der Waals surface area contributed by atoms with Crippen molar-refractivity contribution in [2.45, 2.75) is 45.4 Å². The number of phenols is 1. The first-order valence-corrected chi connectivity index (χ1v) is 12.3. The van der Waals surface area contributed by atoms with Crippen molar-refractivity contribution in [2.24, 2.45) is 0 Å². The Kier molecular flexibility index (Phi) is 8.00. The lowest BCUT2D eigenvalue weighted by molar-refractivity contribution is -0.139. The van der Waals surface area contributed by atoms with Crippen LogP contribution in [0.2, 0.25) is 5.02 Å². The molecule has 188 valence electrons. The summed E-state index contributed by atoms with van der Waals surface area (Å²) < 4.78 is 12.5. The summed E-state index contributed by atoms with van der Waals surface area (Å²) in [7, 11) is 0. The van der Waals surface area contributed by atoms with Gasteiger partial charge in [0.05, 0.1) is 11.6 Å². The highest BCUT2D eigenvalue weighted by Gasteiger charge is 2.26. The third kappa shape index (κ3) is 5.74. The predicted octanol–water partition coefficient (Wildman–Crippen LogP) is 5.92. The standard InChI is InChI=1S/C28H28ClNO6/c1-2-18-23(31)11-12-24(28(18)35-14-13-17-7-4-3-5-8-17)36-27-20-10-6-9-19(20)22(15-21(27)29)30-25(32)16-26(33)34/h3-5,7-8,11-12,15,31H,2,6,9-10,13-14,16H2,1H3,(H,30,32)(H,33,34). The molecule has 7 nitrogen and oxygen atoms in total. The molecule has 0 atom stereocenters. The average molecular weight is 510 g/mol. The van der Waals surface area contributed by atoms with Crippen LogP contribution in [0.1, 0.15) is 42.0 Å². The zero-order valence-corrected chi connectivity index (χ0v) is 20.7. The molecule has 0 saturated heterocycles. The fraction of sp³-hybridized carbons (Fsp3) is 0.286. The SMILES string of the molecule is CCc1c(O)ccc(Oc2c(Cl)cc(NC(=O)CC(=O)O)c3c2CCC3)c1OCCc1ccccc1. The van der Waals surface area contributed by atoms with Crippen LogP contribution in [0.25, 0.3) is 0 Å². The van der Waals surface area contributed by atoms with Crippen LogP contribution in [0.5, 0.6) is 23.0 Å². The van der Waals surface area contributed by atoms with Crippen molar-refractivity contribution >= 4 is 29.2 Å². The molecule has 1 aliphatic rings. The highest BCUT2D eigenvalue weighted by molar-refractivity contribution is 6.32. The molecule has 0 bridgehead atoms. The van der Waals surface area contributed by atoms with Gasteiger partial charge < -0.3 is 25.0 Å². The van der Waals surface area contributed by atoms with Gasteiger partial charge in [-0.2, -0.15) is 0 Å². The number of benzene rings is 3. The molecule has 36 heavy (non-hydrogen) atoms. The van der Waals surface area contributed by atoms with Gasteiger partial charge in [-0.05, 0) is 55.0 Å². The Hall–Kier alpha value is -3.71. The van der Waals surface area contributed by atoms with Crippen LogP contribution >= 0.6 is 11.6 Å². The fourth-order valence-corrected chi connectivity index (χ4v) is 4.73. The van der Waals surface area contributed by atoms with Crippen molar-refractivity contribution in [1.82, 2.24) is 0 Å². The molecule has 3 aromatic carbocycles. The molecule has 0 radical (unpaired) electrons. The number of amides is 1. The summed E-state index contributed by atoms with van der Waals surface area (Å²) >= 11 is 6.61. The second kappa shape index (κ2) is 11.4. The monoisotopic (exact) mass is 509 g/mol. The molecule has 0 aromatic heterocycles. The largest absolute Gasteiger partial charge is 0.508 e. The van der Waals surface area contributed by atoms with Gasteiger partial charge in [0.15, 0.2) is 11.5 Å². The highest BCUT2D eigenvalue weighted by Crippen LogP contribution is 2.46. The van der Waals surface area contributed by atoms with Crippen LogP contribution in [0.4, 0.5) is 5.69 Å². The Morgan fingerprint density at radius 1 is 1.06 bits per heavy atom. The first kappa shape index (κ1) is 25.4. The van der Waals surface area contributed by atoms with Crippen molar-refractivity contribution < 1.29 is 29.3 Å². The summed E-state index contributed by atoms with van der Waals surface area (Å²) in [5.41, 5.74) is 4.04. The van der Waals surface area contributed by atoms with Crippen LogP contribution in [0.3, 0.4) is 0 Å². The predicted molar refractivity (Wildman–Crippen MR) is 138 cm³/mol. The van der Waals surface area contributed by atoms with E-state index in [9.17, 15) is 14.7 Å². The number of nitrogens with one attached hydrogen (secondary N) is 1. The molecular weight excluding hydrogens is 482 g/mol. The summed E-state index contributed by atoms with van der Waals surface area (Å²) in [5.74, 6) is -0.296. The number of halogens is 1. The molecule has 0 fully saturated rings. The number of carbonyl (C=O) groups is 2. The molecule has 3 aromatic rings. The summed E-state index contributed by atoms with van der Waals surface area (Å²) in [6, 6.07) is 14.8. The van der Waals surface area contributed by atoms with Gasteiger partial charge in [-0.25, -0.2) is 0 Å². The van der Waals surface area contributed by atoms with Crippen molar-refractivity contribution in [3.63, 3.8) is 0 Å². The third-order valence-corrected chi connectivity index (χ3v) is 6.42. The van der Waals surface area contributed by atoms with Crippen LogP contribution in [0.15, 0.2) is 48.5 Å². The Morgan fingerprint density at radius 3 is 2.53 bits per heavy atom. The Labute approximate surface area is 214 Å². The number of phenolic OH excluding ortho intramolecular Hbond substituents is 1. The minimum absolute atomic E-state index is 0.132. The van der Waals surface area contributed by atoms with Crippen LogP contribution in [0, 0.1) is 0 Å². The van der Waals surface area contributed by atoms with E-state index in [4.69, 9.17) is 26.2 Å². The molecule has 0 aliphatic heterocycles. The lowest BCUT2D eigenvalue weighted by Crippen LogP contribution is -2.17. The van der Waals surface area contributed by atoms with E-state index < -0.39 is 18.3 Å². The molecule has 4 rings (SSSR count). The summed E-state index contributed by atoms with van der Waals surface area (Å²) in [6.45, 7) is 2.33. The van der Waals surface area contributed by atoms with E-state index >= 15 is 0 Å². The zero-order chi connectivity index (χ0) is 25.7. The smallest absolute Gasteiger partial charge is 0.312 e. The van der Waals surface area contributed by atoms with Crippen LogP contribution in [-0.2, 0) is 35.3 Å². The summed E-state index contributed by atoms with van der Waals surface area (Å²) in [6.07, 6.45) is 2.88. The maximum atomic E-state index is 12.1. The van der Waals surface area contributed by atoms with Gasteiger partial charge in [0, 0.05) is 23.2 Å². The van der Waals surface area contributed by atoms with Crippen molar-refractivity contribution in [2.75, 3.05) is 11.9 Å². The molecule has 3 N–H and O–H groups in total. The first-order chi connectivity index (χ1) is 17.4. The summed E-state index contributed by atoms with van der Waals surface area (Å²) in [4.78, 5) is 22.9. The van der Waals surface area contributed by atoms with Gasteiger partial charge in [0.2, 0.25) is 5.91 Å². The lowest BCUT2D eigenvalue weighted by atomic mass is 10.1. The van der Waals surface area contributed by atoms with Crippen LogP contribution < -0.4 is 14.8 Å². The molecule has 1 aliphatic carbocycles. The fourth-order valence-electron chi connectivity index (χ4n) is 4.47. The Bertz CT molecular complexity index is 1280. The number of carboxylic acids is 1. The Morgan fingerprint density at radius 2 is 1.81 bits per heavy atom. The third-order valence-electron chi connectivity index (χ3n) is 6.14. The molecule has 0 unspecified atom stereocenters. The average Bonchev–Trinajstić information content (AvgIpc) is 3.33. The second-order valence-corrected chi connectivity index (χ2v) is 9.00. The van der Waals surface area contributed by atoms with Gasteiger partial charge in [-0.3, -0.25) is 9.59 Å². The normalized spacial score (nSPS) is 12.2. The minimum atomic E-state index is -1.20. The van der Waals surface area contributed by atoms with E-state index in [1.54, 1.807) is 18.2 Å². The van der Waals surface area contributed by atoms with E-state index in [1.165, 1.54) is 0 Å². The first-order valence-electron chi connectivity index (χ1n) is 11.9. The Balaban J connectivity index is 1.63. The zero-order valence-electron chi connectivity index (χ0n) is 20.0. The number of aromatic hydroxyl groups is 1. The number of carbonyl (C=O) groups excluding carboxylic acids is 1. The highest BCUT2D eigenvalue weighted by atomic mass is 35.5. The van der Waals surface area contributed by atoms with Gasteiger partial charge in [-0.15, -0.1) is 0 Å². The number of aliphatic carboxylic acids is 1. The number of hydrogen-bond donors (Lipinski definition) is 3. The second-order valence-electron chi connectivity index (χ2n) is 8.59. The number of hydrogen-bond acceptors (Lipinski definition) is 5. The van der Waals surface area contributed by atoms with Crippen molar-refractivity contribution in [3.8, 4) is 23.0 Å². The number of ether oxygens (including phenoxy) is 2. The van der Waals surface area contributed by atoms with E-state index in [-0.39, 0.29) is 5.75 Å². The van der Waals surface area contributed by atoms with E-state index in [0.29, 0.717) is 65.8 Å². The number of fused-ring (bicyclic) bond motifs is 1. The molecule has 0 heterocycles. The molecule has 1 amide bonds. The molecule has 0 spiro atoms.